The lowest BCUT2D eigenvalue weighted by molar-refractivity contribution is -0.138. The normalized spacial score (nSPS) is 11.2. The van der Waals surface area contributed by atoms with Gasteiger partial charge < -0.3 is 14.6 Å². The molecule has 1 aromatic heterocycles. The van der Waals surface area contributed by atoms with Crippen LogP contribution in [0, 0.1) is 0 Å². The third kappa shape index (κ3) is 4.29. The zero-order valence-corrected chi connectivity index (χ0v) is 13.1. The second-order valence-electron chi connectivity index (χ2n) is 4.78. The number of nitrogens with one attached hydrogen (secondary N) is 1. The number of carbonyl (C=O) groups excluding carboxylic acids is 1. The summed E-state index contributed by atoms with van der Waals surface area (Å²) in [7, 11) is 1.48. The molecule has 2 aromatic rings. The average molecular weight is 361 g/mol. The van der Waals surface area contributed by atoms with Gasteiger partial charge in [-0.25, -0.2) is 0 Å². The Morgan fingerprint density at radius 1 is 1.29 bits per heavy atom. The van der Waals surface area contributed by atoms with Crippen LogP contribution in [0.15, 0.2) is 41.3 Å². The zero-order valence-electron chi connectivity index (χ0n) is 12.4. The second-order valence-corrected chi connectivity index (χ2v) is 5.19. The molecule has 1 amide bonds. The van der Waals surface area contributed by atoms with Crippen LogP contribution in [0.4, 0.5) is 18.9 Å². The number of hydrogen-bond donors (Lipinski definition) is 1. The minimum absolute atomic E-state index is 0.409. The number of aromatic nitrogens is 1. The maximum atomic E-state index is 12.7. The van der Waals surface area contributed by atoms with Crippen molar-refractivity contribution in [1.82, 2.24) is 4.57 Å². The lowest BCUT2D eigenvalue weighted by Crippen LogP contribution is -2.29. The Hall–Kier alpha value is -2.48. The Kier molecular flexibility index (Phi) is 5.18. The van der Waals surface area contributed by atoms with Crippen LogP contribution >= 0.6 is 11.6 Å². The topological polar surface area (TPSA) is 60.3 Å². The average Bonchev–Trinajstić information content (AvgIpc) is 2.51. The smallest absolute Gasteiger partial charge is 0.417 e. The number of amides is 1. The highest BCUT2D eigenvalue weighted by atomic mass is 35.5. The zero-order chi connectivity index (χ0) is 17.9. The number of ether oxygens (including phenoxy) is 1. The van der Waals surface area contributed by atoms with E-state index in [2.05, 4.69) is 5.32 Å². The van der Waals surface area contributed by atoms with Crippen LogP contribution in [-0.2, 0) is 17.5 Å². The van der Waals surface area contributed by atoms with Crippen molar-refractivity contribution < 1.29 is 22.7 Å². The molecule has 0 aliphatic carbocycles. The Morgan fingerprint density at radius 2 is 1.92 bits per heavy atom. The van der Waals surface area contributed by atoms with Gasteiger partial charge in [0.15, 0.2) is 0 Å². The van der Waals surface area contributed by atoms with Crippen LogP contribution in [0.25, 0.3) is 0 Å². The molecule has 9 heteroatoms. The van der Waals surface area contributed by atoms with E-state index in [0.29, 0.717) is 28.3 Å². The van der Waals surface area contributed by atoms with Crippen LogP contribution in [-0.4, -0.2) is 17.6 Å². The van der Waals surface area contributed by atoms with Crippen molar-refractivity contribution in [1.29, 1.82) is 0 Å². The number of rotatable bonds is 4. The van der Waals surface area contributed by atoms with Crippen molar-refractivity contribution in [2.45, 2.75) is 12.7 Å². The van der Waals surface area contributed by atoms with E-state index in [0.717, 1.165) is 0 Å². The molecule has 0 fully saturated rings. The van der Waals surface area contributed by atoms with Crippen molar-refractivity contribution in [3.8, 4) is 5.75 Å². The van der Waals surface area contributed by atoms with Crippen LogP contribution in [0.2, 0.25) is 5.02 Å². The summed E-state index contributed by atoms with van der Waals surface area (Å²) < 4.78 is 43.8. The van der Waals surface area contributed by atoms with Gasteiger partial charge in [0.2, 0.25) is 5.91 Å². The molecule has 0 bridgehead atoms. The molecule has 0 atom stereocenters. The van der Waals surface area contributed by atoms with E-state index in [1.807, 2.05) is 0 Å². The molecule has 0 aliphatic rings. The molecule has 1 aromatic carbocycles. The Labute approximate surface area is 139 Å². The fourth-order valence-corrected chi connectivity index (χ4v) is 2.13. The highest BCUT2D eigenvalue weighted by Crippen LogP contribution is 2.29. The summed E-state index contributed by atoms with van der Waals surface area (Å²) in [5.41, 5.74) is -1.58. The number of anilines is 1. The van der Waals surface area contributed by atoms with E-state index in [9.17, 15) is 22.8 Å². The van der Waals surface area contributed by atoms with Gasteiger partial charge in [-0.15, -0.1) is 0 Å². The fraction of sp³-hybridized carbons (Fsp3) is 0.200. The van der Waals surface area contributed by atoms with Gasteiger partial charge in [0.25, 0.3) is 5.56 Å². The van der Waals surface area contributed by atoms with Crippen molar-refractivity contribution >= 4 is 23.2 Å². The fourth-order valence-electron chi connectivity index (χ4n) is 1.90. The monoisotopic (exact) mass is 360 g/mol. The predicted molar refractivity (Wildman–Crippen MR) is 82.3 cm³/mol. The minimum Gasteiger partial charge on any atom is -0.497 e. The Bertz CT molecular complexity index is 801. The lowest BCUT2D eigenvalue weighted by Gasteiger charge is -2.12. The molecule has 1 N–H and O–H groups in total. The maximum absolute atomic E-state index is 12.7. The number of carbonyl (C=O) groups is 1. The molecule has 128 valence electrons. The van der Waals surface area contributed by atoms with E-state index in [4.69, 9.17) is 16.3 Å². The van der Waals surface area contributed by atoms with Crippen LogP contribution in [0.3, 0.4) is 0 Å². The van der Waals surface area contributed by atoms with Gasteiger partial charge in [-0.3, -0.25) is 9.59 Å². The van der Waals surface area contributed by atoms with E-state index in [1.165, 1.54) is 7.11 Å². The van der Waals surface area contributed by atoms with E-state index in [-0.39, 0.29) is 0 Å². The molecule has 0 radical (unpaired) electrons. The first kappa shape index (κ1) is 17.9. The predicted octanol–water partition coefficient (Wildman–Crippen LogP) is 3.17. The van der Waals surface area contributed by atoms with Gasteiger partial charge >= 0.3 is 6.18 Å². The molecule has 1 heterocycles. The van der Waals surface area contributed by atoms with Crippen molar-refractivity contribution in [2.24, 2.45) is 0 Å². The van der Waals surface area contributed by atoms with Gasteiger partial charge in [0.1, 0.15) is 17.3 Å². The summed E-state index contributed by atoms with van der Waals surface area (Å²) in [6.45, 7) is -0.603. The standard InChI is InChI=1S/C15H12ClF3N2O3/c1-24-11-4-2-10(3-5-11)20-13(22)8-21-7-9(15(17,18)19)6-12(16)14(21)23/h2-7H,8H2,1H3,(H,20,22). The molecule has 0 spiro atoms. The van der Waals surface area contributed by atoms with Gasteiger partial charge in [-0.05, 0) is 30.3 Å². The van der Waals surface area contributed by atoms with E-state index < -0.39 is 34.8 Å². The molecule has 5 nitrogen and oxygen atoms in total. The third-order valence-corrected chi connectivity index (χ3v) is 3.33. The minimum atomic E-state index is -4.68. The summed E-state index contributed by atoms with van der Waals surface area (Å²) in [5, 5.41) is 1.86. The quantitative estimate of drug-likeness (QED) is 0.911. The molecule has 0 aliphatic heterocycles. The summed E-state index contributed by atoms with van der Waals surface area (Å²) in [6.07, 6.45) is -4.12. The lowest BCUT2D eigenvalue weighted by atomic mass is 10.2. The summed E-state index contributed by atoms with van der Waals surface area (Å²) in [5.74, 6) is -0.0912. The number of alkyl halides is 3. The van der Waals surface area contributed by atoms with Gasteiger partial charge in [-0.1, -0.05) is 11.6 Å². The summed E-state index contributed by atoms with van der Waals surface area (Å²) in [6, 6.07) is 6.84. The number of hydrogen-bond acceptors (Lipinski definition) is 3. The van der Waals surface area contributed by atoms with Gasteiger partial charge in [-0.2, -0.15) is 13.2 Å². The number of nitrogens with zero attached hydrogens (tertiary/aromatic N) is 1. The number of pyridine rings is 1. The van der Waals surface area contributed by atoms with Crippen molar-refractivity contribution in [2.75, 3.05) is 12.4 Å². The molecule has 0 unspecified atom stereocenters. The second kappa shape index (κ2) is 6.96. The van der Waals surface area contributed by atoms with Crippen LogP contribution in [0.1, 0.15) is 5.56 Å². The molecular formula is C15H12ClF3N2O3. The van der Waals surface area contributed by atoms with Crippen molar-refractivity contribution in [3.63, 3.8) is 0 Å². The highest BCUT2D eigenvalue weighted by Gasteiger charge is 2.32. The largest absolute Gasteiger partial charge is 0.497 e. The Balaban J connectivity index is 2.19. The van der Waals surface area contributed by atoms with Crippen LogP contribution < -0.4 is 15.6 Å². The van der Waals surface area contributed by atoms with E-state index >= 15 is 0 Å². The first-order chi connectivity index (χ1) is 11.2. The number of halogens is 4. The van der Waals surface area contributed by atoms with E-state index in [1.54, 1.807) is 24.3 Å². The SMILES string of the molecule is COc1ccc(NC(=O)Cn2cc(C(F)(F)F)cc(Cl)c2=O)cc1. The first-order valence-electron chi connectivity index (χ1n) is 6.62. The molecule has 2 rings (SSSR count). The van der Waals surface area contributed by atoms with Gasteiger partial charge in [0, 0.05) is 11.9 Å². The molecule has 0 saturated heterocycles. The third-order valence-electron chi connectivity index (χ3n) is 3.06. The molecular weight excluding hydrogens is 349 g/mol. The van der Waals surface area contributed by atoms with Gasteiger partial charge in [0.05, 0.1) is 12.7 Å². The Morgan fingerprint density at radius 3 is 2.46 bits per heavy atom. The first-order valence-corrected chi connectivity index (χ1v) is 6.99. The van der Waals surface area contributed by atoms with Crippen molar-refractivity contribution in [3.05, 3.63) is 57.5 Å². The van der Waals surface area contributed by atoms with Crippen LogP contribution in [0.5, 0.6) is 5.75 Å². The highest BCUT2D eigenvalue weighted by molar-refractivity contribution is 6.30. The number of benzene rings is 1. The molecule has 24 heavy (non-hydrogen) atoms. The summed E-state index contributed by atoms with van der Waals surface area (Å²) >= 11 is 5.52. The summed E-state index contributed by atoms with van der Waals surface area (Å²) in [4.78, 5) is 23.7. The maximum Gasteiger partial charge on any atom is 0.417 e. The molecule has 0 saturated carbocycles. The number of methoxy groups -OCH3 is 1.